The molecule has 1 aromatic carbocycles. The van der Waals surface area contributed by atoms with Crippen LogP contribution < -0.4 is 5.73 Å². The minimum absolute atomic E-state index is 0.131. The van der Waals surface area contributed by atoms with Gasteiger partial charge in [0.15, 0.2) is 5.82 Å². The normalized spacial score (nSPS) is 18.7. The molecule has 2 N–H and O–H groups in total. The first-order valence-corrected chi connectivity index (χ1v) is 7.07. The topological polar surface area (TPSA) is 69.6 Å². The van der Waals surface area contributed by atoms with Crippen LogP contribution in [0.4, 0.5) is 10.1 Å². The van der Waals surface area contributed by atoms with Crippen molar-refractivity contribution in [2.24, 2.45) is 11.8 Å². The van der Waals surface area contributed by atoms with E-state index in [1.807, 2.05) is 4.68 Å². The number of rotatable bonds is 4. The highest BCUT2D eigenvalue weighted by atomic mass is 19.1. The molecular weight excluding hydrogens is 257 g/mol. The van der Waals surface area contributed by atoms with E-state index in [-0.39, 0.29) is 5.69 Å². The van der Waals surface area contributed by atoms with Crippen LogP contribution in [0.15, 0.2) is 18.2 Å². The fraction of sp³-hybridized carbons (Fsp3) is 0.500. The Hall–Kier alpha value is -1.98. The van der Waals surface area contributed by atoms with Gasteiger partial charge in [-0.25, -0.2) is 9.07 Å². The Balaban J connectivity index is 1.75. The Morgan fingerprint density at radius 1 is 1.20 bits per heavy atom. The summed E-state index contributed by atoms with van der Waals surface area (Å²) in [5, 5.41) is 12.1. The average Bonchev–Trinajstić information content (AvgIpc) is 3.34. The fourth-order valence-corrected chi connectivity index (χ4v) is 2.93. The predicted molar refractivity (Wildman–Crippen MR) is 72.1 cm³/mol. The van der Waals surface area contributed by atoms with Gasteiger partial charge in [-0.1, -0.05) is 0 Å². The molecular formula is C14H16FN5. The van der Waals surface area contributed by atoms with E-state index in [1.165, 1.54) is 31.7 Å². The van der Waals surface area contributed by atoms with Crippen LogP contribution in [-0.2, 0) is 0 Å². The first-order chi connectivity index (χ1) is 9.74. The summed E-state index contributed by atoms with van der Waals surface area (Å²) in [5.41, 5.74) is 6.55. The highest BCUT2D eigenvalue weighted by Gasteiger charge is 2.44. The summed E-state index contributed by atoms with van der Waals surface area (Å²) in [5.74, 6) is 1.68. The third-order valence-corrected chi connectivity index (χ3v) is 4.24. The van der Waals surface area contributed by atoms with Crippen LogP contribution in [0.2, 0.25) is 0 Å². The maximum absolute atomic E-state index is 13.3. The molecule has 0 bridgehead atoms. The van der Waals surface area contributed by atoms with Crippen molar-refractivity contribution in [3.05, 3.63) is 24.0 Å². The molecule has 0 saturated heterocycles. The number of nitrogen functional groups attached to an aromatic ring is 1. The quantitative estimate of drug-likeness (QED) is 0.868. The summed E-state index contributed by atoms with van der Waals surface area (Å²) >= 11 is 0. The summed E-state index contributed by atoms with van der Waals surface area (Å²) in [6.45, 7) is 0. The fourth-order valence-electron chi connectivity index (χ4n) is 2.93. The molecule has 5 nitrogen and oxygen atoms in total. The molecule has 2 saturated carbocycles. The second-order valence-corrected chi connectivity index (χ2v) is 5.85. The lowest BCUT2D eigenvalue weighted by molar-refractivity contribution is 0.357. The molecule has 1 aromatic heterocycles. The summed E-state index contributed by atoms with van der Waals surface area (Å²) in [6.07, 6.45) is 5.02. The van der Waals surface area contributed by atoms with Gasteiger partial charge in [0.05, 0.1) is 11.7 Å². The van der Waals surface area contributed by atoms with E-state index in [9.17, 15) is 4.39 Å². The number of halogens is 1. The Labute approximate surface area is 116 Å². The third kappa shape index (κ3) is 1.95. The minimum Gasteiger partial charge on any atom is -0.396 e. The van der Waals surface area contributed by atoms with Gasteiger partial charge in [0, 0.05) is 5.56 Å². The second kappa shape index (κ2) is 4.26. The number of nitrogens with two attached hydrogens (primary N) is 1. The molecule has 0 atom stereocenters. The molecule has 2 aromatic rings. The molecule has 0 radical (unpaired) electrons. The molecule has 2 fully saturated rings. The van der Waals surface area contributed by atoms with E-state index in [4.69, 9.17) is 5.73 Å². The van der Waals surface area contributed by atoms with Crippen molar-refractivity contribution in [2.75, 3.05) is 5.73 Å². The smallest absolute Gasteiger partial charge is 0.182 e. The number of benzene rings is 1. The van der Waals surface area contributed by atoms with Crippen LogP contribution in [0, 0.1) is 17.7 Å². The molecule has 2 aliphatic rings. The lowest BCUT2D eigenvalue weighted by atomic mass is 10.1. The SMILES string of the molecule is Nc1cc(-c2nnnn2C(C2CC2)C2CC2)ccc1F. The van der Waals surface area contributed by atoms with Crippen LogP contribution in [-0.4, -0.2) is 20.2 Å². The van der Waals surface area contributed by atoms with Crippen molar-refractivity contribution in [1.82, 2.24) is 20.2 Å². The molecule has 20 heavy (non-hydrogen) atoms. The van der Waals surface area contributed by atoms with Crippen molar-refractivity contribution in [3.63, 3.8) is 0 Å². The molecule has 2 aliphatic carbocycles. The molecule has 0 amide bonds. The number of hydrogen-bond donors (Lipinski definition) is 1. The van der Waals surface area contributed by atoms with Gasteiger partial charge in [-0.2, -0.15) is 0 Å². The van der Waals surface area contributed by atoms with E-state index < -0.39 is 5.82 Å². The second-order valence-electron chi connectivity index (χ2n) is 5.85. The average molecular weight is 273 g/mol. The Bertz CT molecular complexity index is 633. The number of hydrogen-bond acceptors (Lipinski definition) is 4. The van der Waals surface area contributed by atoms with Crippen LogP contribution >= 0.6 is 0 Å². The largest absolute Gasteiger partial charge is 0.396 e. The van der Waals surface area contributed by atoms with Crippen LogP contribution in [0.3, 0.4) is 0 Å². The van der Waals surface area contributed by atoms with Gasteiger partial charge >= 0.3 is 0 Å². The van der Waals surface area contributed by atoms with Gasteiger partial charge in [-0.15, -0.1) is 5.10 Å². The zero-order valence-electron chi connectivity index (χ0n) is 11.0. The van der Waals surface area contributed by atoms with Gasteiger partial charge in [0.25, 0.3) is 0 Å². The van der Waals surface area contributed by atoms with Crippen LogP contribution in [0.25, 0.3) is 11.4 Å². The predicted octanol–water partition coefficient (Wildman–Crippen LogP) is 2.42. The van der Waals surface area contributed by atoms with E-state index >= 15 is 0 Å². The monoisotopic (exact) mass is 273 g/mol. The Morgan fingerprint density at radius 3 is 2.50 bits per heavy atom. The van der Waals surface area contributed by atoms with Crippen molar-refractivity contribution in [1.29, 1.82) is 0 Å². The summed E-state index contributed by atoms with van der Waals surface area (Å²) in [6, 6.07) is 5.05. The zero-order valence-corrected chi connectivity index (χ0v) is 11.0. The van der Waals surface area contributed by atoms with Crippen LogP contribution in [0.5, 0.6) is 0 Å². The number of tetrazole rings is 1. The maximum atomic E-state index is 13.3. The molecule has 104 valence electrons. The molecule has 0 unspecified atom stereocenters. The van der Waals surface area contributed by atoms with Crippen molar-refractivity contribution in [2.45, 2.75) is 31.7 Å². The van der Waals surface area contributed by atoms with Crippen molar-refractivity contribution in [3.8, 4) is 11.4 Å². The number of aromatic nitrogens is 4. The van der Waals surface area contributed by atoms with Crippen LogP contribution in [0.1, 0.15) is 31.7 Å². The third-order valence-electron chi connectivity index (χ3n) is 4.24. The molecule has 0 aliphatic heterocycles. The van der Waals surface area contributed by atoms with E-state index in [2.05, 4.69) is 15.5 Å². The number of nitrogens with zero attached hydrogens (tertiary/aromatic N) is 4. The number of anilines is 1. The lowest BCUT2D eigenvalue weighted by Crippen LogP contribution is -2.16. The van der Waals surface area contributed by atoms with E-state index in [0.29, 0.717) is 23.7 Å². The molecule has 6 heteroatoms. The van der Waals surface area contributed by atoms with Gasteiger partial charge in [-0.05, 0) is 66.1 Å². The maximum Gasteiger partial charge on any atom is 0.182 e. The summed E-state index contributed by atoms with van der Waals surface area (Å²) < 4.78 is 15.2. The molecule has 4 rings (SSSR count). The lowest BCUT2D eigenvalue weighted by Gasteiger charge is -2.17. The minimum atomic E-state index is -0.409. The van der Waals surface area contributed by atoms with Gasteiger partial charge in [0.1, 0.15) is 5.82 Å². The first-order valence-electron chi connectivity index (χ1n) is 7.07. The van der Waals surface area contributed by atoms with Crippen molar-refractivity contribution >= 4 is 5.69 Å². The Morgan fingerprint density at radius 2 is 1.90 bits per heavy atom. The van der Waals surface area contributed by atoms with E-state index in [0.717, 1.165) is 5.56 Å². The highest BCUT2D eigenvalue weighted by Crippen LogP contribution is 2.52. The summed E-state index contributed by atoms with van der Waals surface area (Å²) in [7, 11) is 0. The first kappa shape index (κ1) is 11.8. The summed E-state index contributed by atoms with van der Waals surface area (Å²) in [4.78, 5) is 0. The van der Waals surface area contributed by atoms with Gasteiger partial charge in [-0.3, -0.25) is 0 Å². The highest BCUT2D eigenvalue weighted by molar-refractivity contribution is 5.61. The van der Waals surface area contributed by atoms with Gasteiger partial charge < -0.3 is 5.73 Å². The van der Waals surface area contributed by atoms with Crippen molar-refractivity contribution < 1.29 is 4.39 Å². The molecule has 1 heterocycles. The van der Waals surface area contributed by atoms with E-state index in [1.54, 1.807) is 12.1 Å². The van der Waals surface area contributed by atoms with Gasteiger partial charge in [0.2, 0.25) is 0 Å². The standard InChI is InChI=1S/C14H16FN5/c15-11-6-5-10(7-12(11)16)14-17-18-19-20(14)13(8-1-2-8)9-3-4-9/h5-9,13H,1-4,16H2. The Kier molecular flexibility index (Phi) is 2.52. The molecule has 0 spiro atoms. The zero-order chi connectivity index (χ0) is 13.7.